The Morgan fingerprint density at radius 2 is 2.00 bits per heavy atom. The molecule has 2 bridgehead atoms. The molecule has 1 N–H and O–H groups in total. The first-order valence-corrected chi connectivity index (χ1v) is 9.63. The number of carbonyl (C=O) groups is 1. The van der Waals surface area contributed by atoms with Crippen molar-refractivity contribution in [1.82, 2.24) is 5.32 Å². The van der Waals surface area contributed by atoms with E-state index in [-0.39, 0.29) is 23.3 Å². The van der Waals surface area contributed by atoms with Gasteiger partial charge in [0.05, 0.1) is 0 Å². The van der Waals surface area contributed by atoms with Crippen LogP contribution >= 0.6 is 0 Å². The van der Waals surface area contributed by atoms with Crippen LogP contribution in [0.15, 0.2) is 0 Å². The van der Waals surface area contributed by atoms with Gasteiger partial charge < -0.3 is 14.5 Å². The normalized spacial score (nSPS) is 31.1. The van der Waals surface area contributed by atoms with E-state index in [4.69, 9.17) is 9.16 Å². The van der Waals surface area contributed by atoms with Crippen molar-refractivity contribution in [3.63, 3.8) is 0 Å². The zero-order chi connectivity index (χ0) is 13.6. The van der Waals surface area contributed by atoms with Gasteiger partial charge in [-0.05, 0) is 43.4 Å². The van der Waals surface area contributed by atoms with Gasteiger partial charge in [0.2, 0.25) is 0 Å². The monoisotopic (exact) mass is 271 g/mol. The quantitative estimate of drug-likeness (QED) is 0.484. The van der Waals surface area contributed by atoms with E-state index in [2.05, 4.69) is 39.2 Å². The minimum Gasteiger partial charge on any atom is -0.438 e. The number of hydrogen-bond acceptors (Lipinski definition) is 4. The molecular formula is C13H25NO3Si. The highest BCUT2D eigenvalue weighted by Crippen LogP contribution is 2.44. The molecule has 0 aromatic carbocycles. The second kappa shape index (κ2) is 4.32. The number of rotatable bonds is 4. The molecule has 0 atom stereocenters. The van der Waals surface area contributed by atoms with Crippen LogP contribution in [0.2, 0.25) is 18.1 Å². The number of hydrogen-bond donors (Lipinski definition) is 1. The Morgan fingerprint density at radius 1 is 1.39 bits per heavy atom. The highest BCUT2D eigenvalue weighted by Gasteiger charge is 2.56. The van der Waals surface area contributed by atoms with Crippen molar-refractivity contribution in [2.45, 2.75) is 57.3 Å². The first-order valence-electron chi connectivity index (χ1n) is 6.73. The van der Waals surface area contributed by atoms with Gasteiger partial charge in [0.15, 0.2) is 15.1 Å². The Kier molecular flexibility index (Phi) is 3.36. The summed E-state index contributed by atoms with van der Waals surface area (Å²) in [5.41, 5.74) is -0.374. The molecule has 0 aromatic rings. The average Bonchev–Trinajstić information content (AvgIpc) is 2.73. The van der Waals surface area contributed by atoms with Crippen LogP contribution in [0, 0.1) is 5.92 Å². The van der Waals surface area contributed by atoms with Crippen molar-refractivity contribution >= 4 is 14.3 Å². The van der Waals surface area contributed by atoms with Gasteiger partial charge in [-0.15, -0.1) is 0 Å². The minimum atomic E-state index is -1.82. The summed E-state index contributed by atoms with van der Waals surface area (Å²) in [6.45, 7) is 11.9. The molecule has 3 fully saturated rings. The smallest absolute Gasteiger partial charge is 0.328 e. The predicted molar refractivity (Wildman–Crippen MR) is 72.7 cm³/mol. The summed E-state index contributed by atoms with van der Waals surface area (Å²) in [5.74, 6) is 0.550. The number of fused-ring (bicyclic) bond motifs is 1. The van der Waals surface area contributed by atoms with Crippen molar-refractivity contribution in [2.24, 2.45) is 5.92 Å². The molecule has 1 saturated carbocycles. The van der Waals surface area contributed by atoms with Gasteiger partial charge in [0, 0.05) is 0 Å². The lowest BCUT2D eigenvalue weighted by Crippen LogP contribution is -2.52. The summed E-state index contributed by atoms with van der Waals surface area (Å²) in [7, 11) is -1.82. The fourth-order valence-corrected chi connectivity index (χ4v) is 3.16. The maximum atomic E-state index is 12.0. The van der Waals surface area contributed by atoms with Crippen LogP contribution in [-0.2, 0) is 14.0 Å². The Morgan fingerprint density at radius 3 is 2.44 bits per heavy atom. The van der Waals surface area contributed by atoms with Gasteiger partial charge in [0.1, 0.15) is 5.54 Å². The van der Waals surface area contributed by atoms with Gasteiger partial charge in [-0.3, -0.25) is 0 Å². The molecule has 0 spiro atoms. The molecule has 18 heavy (non-hydrogen) atoms. The van der Waals surface area contributed by atoms with Crippen LogP contribution < -0.4 is 5.32 Å². The fraction of sp³-hybridized carbons (Fsp3) is 0.923. The molecule has 104 valence electrons. The van der Waals surface area contributed by atoms with Gasteiger partial charge in [0.25, 0.3) is 0 Å². The highest BCUT2D eigenvalue weighted by atomic mass is 28.4. The number of esters is 1. The second-order valence-electron chi connectivity index (χ2n) is 7.19. The van der Waals surface area contributed by atoms with E-state index < -0.39 is 8.32 Å². The first kappa shape index (κ1) is 14.0. The molecule has 0 radical (unpaired) electrons. The van der Waals surface area contributed by atoms with Gasteiger partial charge in [-0.2, -0.15) is 0 Å². The van der Waals surface area contributed by atoms with E-state index >= 15 is 0 Å². The number of carbonyl (C=O) groups excluding carboxylic acids is 1. The first-order chi connectivity index (χ1) is 8.16. The van der Waals surface area contributed by atoms with Crippen LogP contribution in [0.25, 0.3) is 0 Å². The number of nitrogens with one attached hydrogen (secondary N) is 1. The van der Waals surface area contributed by atoms with E-state index in [1.165, 1.54) is 0 Å². The summed E-state index contributed by atoms with van der Waals surface area (Å²) in [6, 6.07) is 0. The maximum Gasteiger partial charge on any atom is 0.328 e. The van der Waals surface area contributed by atoms with Crippen molar-refractivity contribution in [3.8, 4) is 0 Å². The van der Waals surface area contributed by atoms with Crippen molar-refractivity contribution in [1.29, 1.82) is 0 Å². The molecule has 3 aliphatic rings. The van der Waals surface area contributed by atoms with Crippen LogP contribution in [0.5, 0.6) is 0 Å². The predicted octanol–water partition coefficient (Wildman–Crippen LogP) is 2.26. The van der Waals surface area contributed by atoms with Crippen LogP contribution in [0.4, 0.5) is 0 Å². The zero-order valence-electron chi connectivity index (χ0n) is 12.1. The molecule has 2 heterocycles. The average molecular weight is 271 g/mol. The SMILES string of the molecule is CC(C)(C)[Si](C)(C)OCOC(=O)C12CC(CN1)C2. The highest BCUT2D eigenvalue weighted by molar-refractivity contribution is 6.74. The van der Waals surface area contributed by atoms with E-state index in [0.29, 0.717) is 5.92 Å². The molecule has 2 saturated heterocycles. The van der Waals surface area contributed by atoms with Crippen molar-refractivity contribution in [3.05, 3.63) is 0 Å². The zero-order valence-corrected chi connectivity index (χ0v) is 13.1. The van der Waals surface area contributed by atoms with Gasteiger partial charge >= 0.3 is 5.97 Å². The molecule has 4 nitrogen and oxygen atoms in total. The molecule has 2 aliphatic heterocycles. The lowest BCUT2D eigenvalue weighted by Gasteiger charge is -2.37. The standard InChI is InChI=1S/C13H25NO3Si/c1-12(2,3)18(4,5)17-9-16-11(15)13-6-10(7-13)8-14-13/h10,14H,6-9H2,1-5H3. The Hall–Kier alpha value is -0.393. The van der Waals surface area contributed by atoms with E-state index in [9.17, 15) is 4.79 Å². The molecule has 0 amide bonds. The van der Waals surface area contributed by atoms with E-state index in [0.717, 1.165) is 19.4 Å². The molecule has 5 heteroatoms. The van der Waals surface area contributed by atoms with Crippen LogP contribution in [0.1, 0.15) is 33.6 Å². The van der Waals surface area contributed by atoms with Gasteiger partial charge in [-0.25, -0.2) is 4.79 Å². The lowest BCUT2D eigenvalue weighted by molar-refractivity contribution is -0.161. The van der Waals surface area contributed by atoms with Crippen molar-refractivity contribution in [2.75, 3.05) is 13.3 Å². The molecular weight excluding hydrogens is 246 g/mol. The lowest BCUT2D eigenvalue weighted by atomic mass is 9.74. The fourth-order valence-electron chi connectivity index (χ4n) is 2.38. The van der Waals surface area contributed by atoms with Crippen LogP contribution in [-0.4, -0.2) is 33.2 Å². The largest absolute Gasteiger partial charge is 0.438 e. The Balaban J connectivity index is 1.77. The third-order valence-electron chi connectivity index (χ3n) is 4.81. The molecule has 3 rings (SSSR count). The number of ether oxygens (including phenoxy) is 1. The van der Waals surface area contributed by atoms with Crippen LogP contribution in [0.3, 0.4) is 0 Å². The molecule has 1 aliphatic carbocycles. The van der Waals surface area contributed by atoms with E-state index in [1.54, 1.807) is 0 Å². The summed E-state index contributed by atoms with van der Waals surface area (Å²) < 4.78 is 11.2. The van der Waals surface area contributed by atoms with E-state index in [1.807, 2.05) is 0 Å². The molecule has 0 aromatic heterocycles. The topological polar surface area (TPSA) is 47.6 Å². The summed E-state index contributed by atoms with van der Waals surface area (Å²) in [5, 5.41) is 3.41. The summed E-state index contributed by atoms with van der Waals surface area (Å²) in [4.78, 5) is 12.0. The molecule has 0 unspecified atom stereocenters. The second-order valence-corrected chi connectivity index (χ2v) is 12.0. The van der Waals surface area contributed by atoms with Crippen molar-refractivity contribution < 1.29 is 14.0 Å². The third-order valence-corrected chi connectivity index (χ3v) is 9.26. The summed E-state index contributed by atoms with van der Waals surface area (Å²) >= 11 is 0. The Labute approximate surface area is 111 Å². The summed E-state index contributed by atoms with van der Waals surface area (Å²) in [6.07, 6.45) is 1.87. The van der Waals surface area contributed by atoms with Gasteiger partial charge in [-0.1, -0.05) is 20.8 Å². The Bertz CT molecular complexity index is 337. The third kappa shape index (κ3) is 2.35. The minimum absolute atomic E-state index is 0.101. The maximum absolute atomic E-state index is 12.0.